The molecule has 2 unspecified atom stereocenters. The summed E-state index contributed by atoms with van der Waals surface area (Å²) in [6.45, 7) is 0. The minimum absolute atomic E-state index is 0.0336. The number of benzene rings is 1. The highest BCUT2D eigenvalue weighted by Crippen LogP contribution is 2.22. The molecular formula is C19H25BrN2O5. The minimum atomic E-state index is -1.26. The molecule has 2 atom stereocenters. The van der Waals surface area contributed by atoms with E-state index < -0.39 is 11.9 Å². The summed E-state index contributed by atoms with van der Waals surface area (Å²) in [5, 5.41) is 18.8. The van der Waals surface area contributed by atoms with Crippen LogP contribution in [0, 0.1) is 0 Å². The summed E-state index contributed by atoms with van der Waals surface area (Å²) < 4.78 is 0.993. The van der Waals surface area contributed by atoms with Crippen LogP contribution >= 0.6 is 15.9 Å². The fourth-order valence-electron chi connectivity index (χ4n) is 2.89. The van der Waals surface area contributed by atoms with E-state index >= 15 is 0 Å². The van der Waals surface area contributed by atoms with E-state index in [4.69, 9.17) is 10.2 Å². The van der Waals surface area contributed by atoms with Crippen LogP contribution in [0.3, 0.4) is 0 Å². The van der Waals surface area contributed by atoms with Crippen LogP contribution in [0.4, 0.5) is 0 Å². The Bertz CT molecular complexity index is 657. The fourth-order valence-corrected chi connectivity index (χ4v) is 3.16. The Morgan fingerprint density at radius 2 is 1.56 bits per heavy atom. The van der Waals surface area contributed by atoms with Crippen molar-refractivity contribution < 1.29 is 24.6 Å². The van der Waals surface area contributed by atoms with Gasteiger partial charge in [0, 0.05) is 34.3 Å². The lowest BCUT2D eigenvalue weighted by Gasteiger charge is -2.36. The van der Waals surface area contributed by atoms with Crippen molar-refractivity contribution >= 4 is 33.8 Å². The van der Waals surface area contributed by atoms with Gasteiger partial charge in [-0.25, -0.2) is 9.59 Å². The lowest BCUT2D eigenvalue weighted by Crippen LogP contribution is -2.51. The van der Waals surface area contributed by atoms with Crippen molar-refractivity contribution in [3.63, 3.8) is 0 Å². The Morgan fingerprint density at radius 3 is 2.04 bits per heavy atom. The number of hydrogen-bond donors (Lipinski definition) is 3. The second-order valence-electron chi connectivity index (χ2n) is 6.41. The lowest BCUT2D eigenvalue weighted by atomic mass is 9.89. The molecule has 1 amide bonds. The Morgan fingerprint density at radius 1 is 1.04 bits per heavy atom. The van der Waals surface area contributed by atoms with Crippen LogP contribution in [0.5, 0.6) is 0 Å². The summed E-state index contributed by atoms with van der Waals surface area (Å²) in [5.74, 6) is -2.48. The second kappa shape index (κ2) is 11.5. The molecule has 3 N–H and O–H groups in total. The number of carbonyl (C=O) groups is 3. The maximum Gasteiger partial charge on any atom is 0.328 e. The molecule has 8 heteroatoms. The van der Waals surface area contributed by atoms with Gasteiger partial charge in [-0.3, -0.25) is 4.79 Å². The summed E-state index contributed by atoms with van der Waals surface area (Å²) >= 11 is 3.38. The van der Waals surface area contributed by atoms with Crippen LogP contribution in [0.15, 0.2) is 40.9 Å². The van der Waals surface area contributed by atoms with Gasteiger partial charge in [0.05, 0.1) is 0 Å². The van der Waals surface area contributed by atoms with Crippen LogP contribution in [0.25, 0.3) is 0 Å². The molecule has 0 heterocycles. The van der Waals surface area contributed by atoms with Crippen molar-refractivity contribution in [3.8, 4) is 0 Å². The Kier molecular flexibility index (Phi) is 9.74. The van der Waals surface area contributed by atoms with Crippen molar-refractivity contribution in [2.45, 2.75) is 37.8 Å². The van der Waals surface area contributed by atoms with Crippen LogP contribution < -0.4 is 5.32 Å². The number of halogens is 1. The van der Waals surface area contributed by atoms with E-state index in [0.29, 0.717) is 18.2 Å². The second-order valence-corrected chi connectivity index (χ2v) is 7.33. The number of rotatable bonds is 5. The lowest BCUT2D eigenvalue weighted by molar-refractivity contribution is -0.134. The van der Waals surface area contributed by atoms with E-state index in [1.54, 1.807) is 0 Å². The number of aliphatic carboxylic acids is 2. The molecule has 0 spiro atoms. The molecule has 0 aliphatic heterocycles. The van der Waals surface area contributed by atoms with Gasteiger partial charge >= 0.3 is 11.9 Å². The molecule has 2 rings (SSSR count). The quantitative estimate of drug-likeness (QED) is 0.607. The normalized spacial score (nSPS) is 19.3. The van der Waals surface area contributed by atoms with E-state index in [9.17, 15) is 14.4 Å². The molecule has 0 radical (unpaired) electrons. The highest BCUT2D eigenvalue weighted by molar-refractivity contribution is 9.10. The first kappa shape index (κ1) is 22.9. The van der Waals surface area contributed by atoms with E-state index in [0.717, 1.165) is 22.9 Å². The Balaban J connectivity index is 0.000000387. The molecule has 0 saturated heterocycles. The topological polar surface area (TPSA) is 107 Å². The Labute approximate surface area is 167 Å². The number of carboxylic acids is 2. The van der Waals surface area contributed by atoms with Gasteiger partial charge in [0.25, 0.3) is 5.91 Å². The molecule has 148 valence electrons. The SMILES string of the molecule is CN(C)C1CCCCC1NC(=O)c1ccc(Br)cc1.O=C(O)C=CC(=O)O. The van der Waals surface area contributed by atoms with Crippen molar-refractivity contribution in [1.82, 2.24) is 10.2 Å². The number of amides is 1. The standard InChI is InChI=1S/C15H21BrN2O.C4H4O4/c1-18(2)14-6-4-3-5-13(14)17-15(19)11-7-9-12(16)10-8-11;5-3(6)1-2-4(7)8/h7-10,13-14H,3-6H2,1-2H3,(H,17,19);1-2H,(H,5,6)(H,7,8). The van der Waals surface area contributed by atoms with Crippen molar-refractivity contribution in [2.75, 3.05) is 14.1 Å². The largest absolute Gasteiger partial charge is 0.478 e. The highest BCUT2D eigenvalue weighted by Gasteiger charge is 2.28. The maximum atomic E-state index is 12.2. The molecule has 27 heavy (non-hydrogen) atoms. The van der Waals surface area contributed by atoms with Gasteiger partial charge in [0.15, 0.2) is 0 Å². The number of likely N-dealkylation sites (N-methyl/N-ethyl adjacent to an activating group) is 1. The first-order valence-electron chi connectivity index (χ1n) is 8.57. The van der Waals surface area contributed by atoms with Gasteiger partial charge in [0.2, 0.25) is 0 Å². The molecule has 1 aliphatic carbocycles. The molecule has 1 aromatic rings. The first-order chi connectivity index (χ1) is 12.7. The number of hydrogen-bond acceptors (Lipinski definition) is 4. The predicted molar refractivity (Wildman–Crippen MR) is 106 cm³/mol. The molecule has 1 aliphatic rings. The Hall–Kier alpha value is -2.19. The molecule has 1 aromatic carbocycles. The third-order valence-electron chi connectivity index (χ3n) is 4.18. The fraction of sp³-hybridized carbons (Fsp3) is 0.421. The van der Waals surface area contributed by atoms with Gasteiger partial charge in [-0.05, 0) is 51.2 Å². The smallest absolute Gasteiger partial charge is 0.328 e. The summed E-state index contributed by atoms with van der Waals surface area (Å²) in [5.41, 5.74) is 0.728. The van der Waals surface area contributed by atoms with E-state index in [1.165, 1.54) is 12.8 Å². The monoisotopic (exact) mass is 440 g/mol. The van der Waals surface area contributed by atoms with E-state index in [-0.39, 0.29) is 11.9 Å². The summed E-state index contributed by atoms with van der Waals surface area (Å²) in [7, 11) is 4.18. The summed E-state index contributed by atoms with van der Waals surface area (Å²) in [4.78, 5) is 33.6. The average molecular weight is 441 g/mol. The molecule has 1 fully saturated rings. The van der Waals surface area contributed by atoms with Gasteiger partial charge in [-0.2, -0.15) is 0 Å². The van der Waals surface area contributed by atoms with Gasteiger partial charge in [-0.1, -0.05) is 28.8 Å². The zero-order valence-electron chi connectivity index (χ0n) is 15.4. The first-order valence-corrected chi connectivity index (χ1v) is 9.36. The van der Waals surface area contributed by atoms with E-state index in [2.05, 4.69) is 40.2 Å². The summed E-state index contributed by atoms with van der Waals surface area (Å²) in [6.07, 6.45) is 5.82. The zero-order chi connectivity index (χ0) is 20.4. The van der Waals surface area contributed by atoms with E-state index in [1.807, 2.05) is 24.3 Å². The molecule has 0 bridgehead atoms. The van der Waals surface area contributed by atoms with Crippen LogP contribution in [0.1, 0.15) is 36.0 Å². The molecule has 1 saturated carbocycles. The van der Waals surface area contributed by atoms with Gasteiger partial charge < -0.3 is 20.4 Å². The van der Waals surface area contributed by atoms with Crippen molar-refractivity contribution in [3.05, 3.63) is 46.5 Å². The van der Waals surface area contributed by atoms with Crippen LogP contribution in [0.2, 0.25) is 0 Å². The number of nitrogens with one attached hydrogen (secondary N) is 1. The zero-order valence-corrected chi connectivity index (χ0v) is 17.0. The highest BCUT2D eigenvalue weighted by atomic mass is 79.9. The third kappa shape index (κ3) is 8.83. The molecule has 7 nitrogen and oxygen atoms in total. The number of carboxylic acid groups (broad SMARTS) is 2. The molecule has 0 aromatic heterocycles. The number of nitrogens with zero attached hydrogens (tertiary/aromatic N) is 1. The summed E-state index contributed by atoms with van der Waals surface area (Å²) in [6, 6.07) is 8.23. The van der Waals surface area contributed by atoms with Crippen molar-refractivity contribution in [2.24, 2.45) is 0 Å². The number of carbonyl (C=O) groups excluding carboxylic acids is 1. The van der Waals surface area contributed by atoms with Gasteiger partial charge in [0.1, 0.15) is 0 Å². The third-order valence-corrected chi connectivity index (χ3v) is 4.71. The maximum absolute atomic E-state index is 12.2. The average Bonchev–Trinajstić information content (AvgIpc) is 2.61. The van der Waals surface area contributed by atoms with Gasteiger partial charge in [-0.15, -0.1) is 0 Å². The van der Waals surface area contributed by atoms with Crippen LogP contribution in [-0.4, -0.2) is 59.1 Å². The van der Waals surface area contributed by atoms with Crippen LogP contribution in [-0.2, 0) is 9.59 Å². The predicted octanol–water partition coefficient (Wildman–Crippen LogP) is 2.76. The van der Waals surface area contributed by atoms with Crippen molar-refractivity contribution in [1.29, 1.82) is 0 Å². The minimum Gasteiger partial charge on any atom is -0.478 e. The molecular weight excluding hydrogens is 416 g/mol.